The van der Waals surface area contributed by atoms with E-state index in [9.17, 15) is 0 Å². The van der Waals surface area contributed by atoms with Gasteiger partial charge < -0.3 is 0 Å². The van der Waals surface area contributed by atoms with E-state index in [4.69, 9.17) is 0 Å². The Balaban J connectivity index is 3.21. The zero-order valence-corrected chi connectivity index (χ0v) is 18.4. The van der Waals surface area contributed by atoms with Gasteiger partial charge in [-0.15, -0.1) is 0 Å². The first-order valence-corrected chi connectivity index (χ1v) is 10.0. The van der Waals surface area contributed by atoms with Crippen LogP contribution in [0.5, 0.6) is 0 Å². The lowest BCUT2D eigenvalue weighted by molar-refractivity contribution is -0.688. The third-order valence-corrected chi connectivity index (χ3v) is 4.12. The maximum Gasteiger partial charge on any atom is 0.177 e. The number of nitrogens with zero attached hydrogens (tertiary/aromatic N) is 2. The summed E-state index contributed by atoms with van der Waals surface area (Å²) in [5.74, 6) is 0. The van der Waals surface area contributed by atoms with Crippen molar-refractivity contribution in [3.63, 3.8) is 0 Å². The molecule has 0 fully saturated rings. The maximum absolute atomic E-state index is 4.10. The first kappa shape index (κ1) is 24.5. The minimum atomic E-state index is 0.651. The lowest BCUT2D eigenvalue weighted by Crippen LogP contribution is -2.34. The third kappa shape index (κ3) is 9.11. The molecule has 1 aromatic heterocycles. The van der Waals surface area contributed by atoms with Crippen LogP contribution in [0.2, 0.25) is 0 Å². The smallest absolute Gasteiger partial charge is 0.177 e. The fourth-order valence-corrected chi connectivity index (χ4v) is 2.79. The van der Waals surface area contributed by atoms with Crippen molar-refractivity contribution in [1.29, 1.82) is 0 Å². The van der Waals surface area contributed by atoms with Crippen molar-refractivity contribution in [2.75, 3.05) is 6.54 Å². The Morgan fingerprint density at radius 2 is 1.87 bits per heavy atom. The van der Waals surface area contributed by atoms with Gasteiger partial charge in [-0.3, -0.25) is 0 Å². The molecule has 0 amide bonds. The first-order valence-electron chi connectivity index (χ1n) is 10.0. The number of hydrogen-bond acceptors (Lipinski definition) is 0. The Morgan fingerprint density at radius 1 is 1.07 bits per heavy atom. The quantitative estimate of drug-likeness (QED) is 0.226. The zero-order valence-electron chi connectivity index (χ0n) is 18.4. The first-order chi connectivity index (χ1) is 14.6. The fourth-order valence-electron chi connectivity index (χ4n) is 2.79. The van der Waals surface area contributed by atoms with Crippen LogP contribution in [0.3, 0.4) is 0 Å². The van der Waals surface area contributed by atoms with Gasteiger partial charge >= 0.3 is 0 Å². The van der Waals surface area contributed by atoms with Gasteiger partial charge in [-0.05, 0) is 26.0 Å². The maximum atomic E-state index is 4.10. The van der Waals surface area contributed by atoms with Gasteiger partial charge in [0.2, 0.25) is 0 Å². The Bertz CT molecular complexity index is 931. The highest BCUT2D eigenvalue weighted by molar-refractivity contribution is 5.72. The van der Waals surface area contributed by atoms with Crippen LogP contribution in [0.4, 0.5) is 0 Å². The molecule has 0 saturated heterocycles. The average Bonchev–Trinajstić information content (AvgIpc) is 2.74. The molecule has 0 atom stereocenters. The molecule has 0 N–H and O–H groups in total. The van der Waals surface area contributed by atoms with E-state index >= 15 is 0 Å². The standard InChI is InChI=1S/C28H34N2/c1-7-12-16-25(6)21-29(19-10-4)23-27(11-5)28-18-14-20-30(24-28)22-26(15-9-3)17-13-8-2/h7-20,23-24H,1,4-6,21-22H2,2-3H3/q+2/b13-8-,15-9-,16-12-,26-17+,27-23+,29-19-. The van der Waals surface area contributed by atoms with Gasteiger partial charge in [0, 0.05) is 17.2 Å². The fraction of sp³-hybridized carbons (Fsp3) is 0.143. The van der Waals surface area contributed by atoms with Gasteiger partial charge in [0.1, 0.15) is 0 Å². The summed E-state index contributed by atoms with van der Waals surface area (Å²) >= 11 is 0. The predicted octanol–water partition coefficient (Wildman–Crippen LogP) is 6.15. The summed E-state index contributed by atoms with van der Waals surface area (Å²) in [4.78, 5) is 0. The predicted molar refractivity (Wildman–Crippen MR) is 132 cm³/mol. The number of hydrogen-bond donors (Lipinski definition) is 0. The van der Waals surface area contributed by atoms with Crippen molar-refractivity contribution >= 4 is 11.8 Å². The van der Waals surface area contributed by atoms with Gasteiger partial charge in [-0.2, -0.15) is 0 Å². The molecular weight excluding hydrogens is 364 g/mol. The van der Waals surface area contributed by atoms with Crippen LogP contribution in [0.1, 0.15) is 19.4 Å². The van der Waals surface area contributed by atoms with Crippen LogP contribution in [0.25, 0.3) is 5.57 Å². The Hall–Kier alpha value is -3.52. The summed E-state index contributed by atoms with van der Waals surface area (Å²) in [7, 11) is 0. The molecule has 0 bridgehead atoms. The van der Waals surface area contributed by atoms with Crippen LogP contribution in [0, 0.1) is 0 Å². The van der Waals surface area contributed by atoms with Crippen molar-refractivity contribution in [1.82, 2.24) is 0 Å². The Labute approximate surface area is 182 Å². The molecule has 30 heavy (non-hydrogen) atoms. The Kier molecular flexibility index (Phi) is 11.8. The summed E-state index contributed by atoms with van der Waals surface area (Å²) < 4.78 is 4.23. The molecule has 0 radical (unpaired) electrons. The second-order valence-corrected chi connectivity index (χ2v) is 6.63. The van der Waals surface area contributed by atoms with Crippen molar-refractivity contribution < 1.29 is 9.14 Å². The molecule has 0 aromatic carbocycles. The molecule has 0 aliphatic carbocycles. The molecule has 154 valence electrons. The van der Waals surface area contributed by atoms with Gasteiger partial charge in [-0.1, -0.05) is 81.0 Å². The summed E-state index contributed by atoms with van der Waals surface area (Å²) in [6.45, 7) is 21.1. The SMILES string of the molecule is C=C/C=C\C(=C)C[N+](=C/C=C)/C=C(\C=C)c1ccc[n+](CC(/C=C\C)=C/C=C\C)c1. The monoisotopic (exact) mass is 398 g/mol. The van der Waals surface area contributed by atoms with Crippen LogP contribution in [0.15, 0.2) is 129 Å². The van der Waals surface area contributed by atoms with Crippen molar-refractivity contribution in [3.05, 3.63) is 135 Å². The summed E-state index contributed by atoms with van der Waals surface area (Å²) in [6, 6.07) is 4.15. The highest BCUT2D eigenvalue weighted by atomic mass is 15.0. The summed E-state index contributed by atoms with van der Waals surface area (Å²) in [5.41, 5.74) is 4.32. The highest BCUT2D eigenvalue weighted by Gasteiger charge is 2.10. The molecular formula is C28H34N2+2. The molecule has 2 nitrogen and oxygen atoms in total. The van der Waals surface area contributed by atoms with E-state index in [1.807, 2.05) is 48.9 Å². The molecule has 1 aromatic rings. The molecule has 2 heteroatoms. The highest BCUT2D eigenvalue weighted by Crippen LogP contribution is 2.14. The molecule has 1 heterocycles. The van der Waals surface area contributed by atoms with Crippen LogP contribution in [-0.4, -0.2) is 17.3 Å². The summed E-state index contributed by atoms with van der Waals surface area (Å²) in [6.07, 6.45) is 27.8. The number of pyridine rings is 1. The minimum absolute atomic E-state index is 0.651. The van der Waals surface area contributed by atoms with Crippen LogP contribution < -0.4 is 4.57 Å². The van der Waals surface area contributed by atoms with E-state index in [-0.39, 0.29) is 0 Å². The van der Waals surface area contributed by atoms with E-state index in [2.05, 4.69) is 85.9 Å². The lowest BCUT2D eigenvalue weighted by atomic mass is 10.1. The van der Waals surface area contributed by atoms with E-state index in [0.29, 0.717) is 6.54 Å². The molecule has 1 rings (SSSR count). The van der Waals surface area contributed by atoms with Crippen molar-refractivity contribution in [3.8, 4) is 0 Å². The Morgan fingerprint density at radius 3 is 2.50 bits per heavy atom. The zero-order chi connectivity index (χ0) is 22.2. The van der Waals surface area contributed by atoms with Gasteiger partial charge in [0.25, 0.3) is 0 Å². The number of rotatable bonds is 12. The van der Waals surface area contributed by atoms with Gasteiger partial charge in [0.15, 0.2) is 37.9 Å². The van der Waals surface area contributed by atoms with Crippen molar-refractivity contribution in [2.45, 2.75) is 20.4 Å². The van der Waals surface area contributed by atoms with E-state index in [0.717, 1.165) is 23.3 Å². The summed E-state index contributed by atoms with van der Waals surface area (Å²) in [5, 5.41) is 0. The van der Waals surface area contributed by atoms with E-state index in [1.54, 1.807) is 12.2 Å². The van der Waals surface area contributed by atoms with Crippen molar-refractivity contribution in [2.24, 2.45) is 0 Å². The average molecular weight is 399 g/mol. The molecule has 0 spiro atoms. The largest absolute Gasteiger partial charge is 0.200 e. The van der Waals surface area contributed by atoms with Crippen LogP contribution in [-0.2, 0) is 6.54 Å². The second-order valence-electron chi connectivity index (χ2n) is 6.63. The van der Waals surface area contributed by atoms with E-state index in [1.165, 1.54) is 5.57 Å². The third-order valence-electron chi connectivity index (χ3n) is 4.12. The molecule has 0 aliphatic rings. The molecule has 0 saturated carbocycles. The number of aromatic nitrogens is 1. The van der Waals surface area contributed by atoms with Gasteiger partial charge in [-0.25, -0.2) is 9.14 Å². The minimum Gasteiger partial charge on any atom is -0.200 e. The second kappa shape index (κ2) is 14.5. The van der Waals surface area contributed by atoms with E-state index < -0.39 is 0 Å². The lowest BCUT2D eigenvalue weighted by Gasteiger charge is -2.04. The topological polar surface area (TPSA) is 6.89 Å². The number of allylic oxidation sites excluding steroid dienone is 11. The van der Waals surface area contributed by atoms with Gasteiger partial charge in [0.05, 0.1) is 11.1 Å². The molecule has 0 aliphatic heterocycles. The van der Waals surface area contributed by atoms with Crippen LogP contribution >= 0.6 is 0 Å². The molecule has 0 unspecified atom stereocenters. The normalized spacial score (nSPS) is 13.3.